The van der Waals surface area contributed by atoms with Gasteiger partial charge in [0.25, 0.3) is 0 Å². The largest absolute Gasteiger partial charge is 0.319 e. The Kier molecular flexibility index (Phi) is 5.95. The first-order chi connectivity index (χ1) is 10.1. The Labute approximate surface area is 134 Å². The van der Waals surface area contributed by atoms with Crippen molar-refractivity contribution in [2.24, 2.45) is 5.92 Å². The SMILES string of the molecule is CNCC(Cc1cccc(C)c1)Cc1ccc(Br)cc1F. The van der Waals surface area contributed by atoms with Gasteiger partial charge in [-0.3, -0.25) is 0 Å². The van der Waals surface area contributed by atoms with Gasteiger partial charge in [-0.25, -0.2) is 4.39 Å². The molecule has 2 aromatic carbocycles. The maximum absolute atomic E-state index is 14.0. The van der Waals surface area contributed by atoms with E-state index >= 15 is 0 Å². The van der Waals surface area contributed by atoms with E-state index in [9.17, 15) is 4.39 Å². The second-order valence-electron chi connectivity index (χ2n) is 5.56. The van der Waals surface area contributed by atoms with Crippen LogP contribution in [0.1, 0.15) is 16.7 Å². The molecule has 1 nitrogen and oxygen atoms in total. The summed E-state index contributed by atoms with van der Waals surface area (Å²) in [5, 5.41) is 3.22. The highest BCUT2D eigenvalue weighted by Gasteiger charge is 2.13. The van der Waals surface area contributed by atoms with E-state index in [1.807, 2.05) is 19.2 Å². The number of hydrogen-bond donors (Lipinski definition) is 1. The van der Waals surface area contributed by atoms with Crippen molar-refractivity contribution in [2.75, 3.05) is 13.6 Å². The summed E-state index contributed by atoms with van der Waals surface area (Å²) in [6.07, 6.45) is 1.70. The van der Waals surface area contributed by atoms with Gasteiger partial charge in [-0.1, -0.05) is 51.8 Å². The molecule has 1 unspecified atom stereocenters. The van der Waals surface area contributed by atoms with Crippen LogP contribution in [0, 0.1) is 18.7 Å². The van der Waals surface area contributed by atoms with Gasteiger partial charge in [-0.2, -0.15) is 0 Å². The van der Waals surface area contributed by atoms with Gasteiger partial charge in [-0.15, -0.1) is 0 Å². The molecule has 0 spiro atoms. The summed E-state index contributed by atoms with van der Waals surface area (Å²) in [5.74, 6) is 0.252. The quantitative estimate of drug-likeness (QED) is 0.808. The summed E-state index contributed by atoms with van der Waals surface area (Å²) in [4.78, 5) is 0. The fourth-order valence-electron chi connectivity index (χ4n) is 2.68. The van der Waals surface area contributed by atoms with Crippen molar-refractivity contribution in [3.05, 3.63) is 69.4 Å². The molecule has 0 aliphatic rings. The lowest BCUT2D eigenvalue weighted by Gasteiger charge is -2.17. The zero-order valence-corrected chi connectivity index (χ0v) is 14.1. The Morgan fingerprint density at radius 2 is 1.95 bits per heavy atom. The predicted octanol–water partition coefficient (Wildman–Crippen LogP) is 4.52. The van der Waals surface area contributed by atoms with Crippen LogP contribution < -0.4 is 5.32 Å². The Balaban J connectivity index is 2.11. The predicted molar refractivity (Wildman–Crippen MR) is 90.1 cm³/mol. The Morgan fingerprint density at radius 1 is 1.14 bits per heavy atom. The number of benzene rings is 2. The highest BCUT2D eigenvalue weighted by molar-refractivity contribution is 9.10. The van der Waals surface area contributed by atoms with E-state index in [0.717, 1.165) is 29.4 Å². The highest BCUT2D eigenvalue weighted by Crippen LogP contribution is 2.20. The summed E-state index contributed by atoms with van der Waals surface area (Å²) in [6.45, 7) is 2.98. The molecule has 0 heterocycles. The van der Waals surface area contributed by atoms with Crippen LogP contribution in [0.3, 0.4) is 0 Å². The van der Waals surface area contributed by atoms with Gasteiger partial charge < -0.3 is 5.32 Å². The van der Waals surface area contributed by atoms with Crippen LogP contribution in [0.5, 0.6) is 0 Å². The molecule has 2 rings (SSSR count). The van der Waals surface area contributed by atoms with E-state index in [-0.39, 0.29) is 5.82 Å². The van der Waals surface area contributed by atoms with Gasteiger partial charge in [0.15, 0.2) is 0 Å². The van der Waals surface area contributed by atoms with Crippen molar-refractivity contribution in [3.8, 4) is 0 Å². The number of hydrogen-bond acceptors (Lipinski definition) is 1. The number of halogens is 2. The molecule has 0 amide bonds. The molecule has 1 atom stereocenters. The van der Waals surface area contributed by atoms with Gasteiger partial charge in [0, 0.05) is 4.47 Å². The molecule has 0 fully saturated rings. The van der Waals surface area contributed by atoms with Crippen LogP contribution >= 0.6 is 15.9 Å². The first kappa shape index (κ1) is 16.2. The number of nitrogens with one attached hydrogen (secondary N) is 1. The molecule has 0 aromatic heterocycles. The first-order valence-electron chi connectivity index (χ1n) is 7.22. The van der Waals surface area contributed by atoms with Crippen LogP contribution in [0.25, 0.3) is 0 Å². The highest BCUT2D eigenvalue weighted by atomic mass is 79.9. The molecule has 3 heteroatoms. The van der Waals surface area contributed by atoms with Crippen molar-refractivity contribution >= 4 is 15.9 Å². The second kappa shape index (κ2) is 7.71. The molecule has 0 saturated heterocycles. The molecule has 1 N–H and O–H groups in total. The van der Waals surface area contributed by atoms with Crippen molar-refractivity contribution in [3.63, 3.8) is 0 Å². The Hall–Kier alpha value is -1.19. The molecule has 21 heavy (non-hydrogen) atoms. The molecule has 0 bridgehead atoms. The van der Waals surface area contributed by atoms with Gasteiger partial charge in [0.05, 0.1) is 0 Å². The van der Waals surface area contributed by atoms with Gasteiger partial charge in [0.1, 0.15) is 5.82 Å². The first-order valence-corrected chi connectivity index (χ1v) is 8.02. The van der Waals surface area contributed by atoms with Crippen molar-refractivity contribution in [1.29, 1.82) is 0 Å². The lowest BCUT2D eigenvalue weighted by molar-refractivity contribution is 0.479. The maximum Gasteiger partial charge on any atom is 0.127 e. The van der Waals surface area contributed by atoms with Crippen LogP contribution in [-0.2, 0) is 12.8 Å². The van der Waals surface area contributed by atoms with Gasteiger partial charge in [0.2, 0.25) is 0 Å². The molecular formula is C18H21BrFN. The molecule has 0 aliphatic carbocycles. The van der Waals surface area contributed by atoms with Crippen LogP contribution in [0.4, 0.5) is 4.39 Å². The van der Waals surface area contributed by atoms with Crippen LogP contribution in [0.15, 0.2) is 46.9 Å². The fourth-order valence-corrected chi connectivity index (χ4v) is 3.01. The minimum atomic E-state index is -0.130. The Morgan fingerprint density at radius 3 is 2.62 bits per heavy atom. The van der Waals surface area contributed by atoms with Crippen molar-refractivity contribution < 1.29 is 4.39 Å². The van der Waals surface area contributed by atoms with E-state index in [1.165, 1.54) is 11.1 Å². The average Bonchev–Trinajstić information content (AvgIpc) is 2.42. The standard InChI is InChI=1S/C18H21BrFN/c1-13-4-3-5-14(8-13)9-15(12-21-2)10-16-6-7-17(19)11-18(16)20/h3-8,11,15,21H,9-10,12H2,1-2H3. The lowest BCUT2D eigenvalue weighted by atomic mass is 9.92. The molecule has 0 aliphatic heterocycles. The van der Waals surface area contributed by atoms with Gasteiger partial charge >= 0.3 is 0 Å². The molecule has 0 radical (unpaired) electrons. The normalized spacial score (nSPS) is 12.4. The van der Waals surface area contributed by atoms with Crippen LogP contribution in [-0.4, -0.2) is 13.6 Å². The minimum absolute atomic E-state index is 0.130. The summed E-state index contributed by atoms with van der Waals surface area (Å²) in [7, 11) is 1.95. The summed E-state index contributed by atoms with van der Waals surface area (Å²) in [5.41, 5.74) is 3.37. The van der Waals surface area contributed by atoms with E-state index < -0.39 is 0 Å². The smallest absolute Gasteiger partial charge is 0.127 e. The molecule has 112 valence electrons. The molecule has 0 saturated carbocycles. The third-order valence-corrected chi connectivity index (χ3v) is 4.12. The lowest BCUT2D eigenvalue weighted by Crippen LogP contribution is -2.23. The zero-order chi connectivity index (χ0) is 15.2. The third-order valence-electron chi connectivity index (χ3n) is 3.62. The Bertz CT molecular complexity index is 598. The summed E-state index contributed by atoms with van der Waals surface area (Å²) < 4.78 is 14.8. The molecule has 2 aromatic rings. The minimum Gasteiger partial charge on any atom is -0.319 e. The van der Waals surface area contributed by atoms with Crippen molar-refractivity contribution in [1.82, 2.24) is 5.32 Å². The molecular weight excluding hydrogens is 329 g/mol. The monoisotopic (exact) mass is 349 g/mol. The van der Waals surface area contributed by atoms with Gasteiger partial charge in [-0.05, 0) is 62.5 Å². The third kappa shape index (κ3) is 4.94. The number of aryl methyl sites for hydroxylation is 1. The summed E-state index contributed by atoms with van der Waals surface area (Å²) >= 11 is 3.30. The van der Waals surface area contributed by atoms with E-state index in [0.29, 0.717) is 5.92 Å². The summed E-state index contributed by atoms with van der Waals surface area (Å²) in [6, 6.07) is 13.9. The zero-order valence-electron chi connectivity index (χ0n) is 12.5. The van der Waals surface area contributed by atoms with E-state index in [1.54, 1.807) is 6.07 Å². The van der Waals surface area contributed by atoms with Crippen LogP contribution in [0.2, 0.25) is 0 Å². The van der Waals surface area contributed by atoms with E-state index in [4.69, 9.17) is 0 Å². The average molecular weight is 350 g/mol. The van der Waals surface area contributed by atoms with Crippen molar-refractivity contribution in [2.45, 2.75) is 19.8 Å². The fraction of sp³-hybridized carbons (Fsp3) is 0.333. The topological polar surface area (TPSA) is 12.0 Å². The van der Waals surface area contributed by atoms with E-state index in [2.05, 4.69) is 52.4 Å². The number of rotatable bonds is 6. The second-order valence-corrected chi connectivity index (χ2v) is 6.47. The maximum atomic E-state index is 14.0.